The fraction of sp³-hybridized carbons (Fsp3) is 0.348. The minimum Gasteiger partial charge on any atom is -0.355 e. The van der Waals surface area contributed by atoms with Crippen molar-refractivity contribution >= 4 is 29.3 Å². The molecular weight excluding hydrogens is 388 g/mol. The van der Waals surface area contributed by atoms with Crippen LogP contribution in [0.3, 0.4) is 0 Å². The third-order valence-corrected chi connectivity index (χ3v) is 5.52. The Morgan fingerprint density at radius 1 is 1.03 bits per heavy atom. The van der Waals surface area contributed by atoms with Gasteiger partial charge in [-0.15, -0.1) is 0 Å². The molecule has 3 rings (SSSR count). The van der Waals surface area contributed by atoms with Crippen LogP contribution in [0.4, 0.5) is 0 Å². The zero-order valence-electron chi connectivity index (χ0n) is 16.9. The quantitative estimate of drug-likeness (QED) is 0.695. The third kappa shape index (κ3) is 4.67. The molecule has 2 aromatic carbocycles. The Labute approximate surface area is 176 Å². The fourth-order valence-corrected chi connectivity index (χ4v) is 3.54. The average molecular weight is 413 g/mol. The number of carbonyl (C=O) groups excluding carboxylic acids is 3. The van der Waals surface area contributed by atoms with Crippen LogP contribution >= 0.6 is 11.6 Å². The van der Waals surface area contributed by atoms with Gasteiger partial charge in [-0.1, -0.05) is 49.2 Å². The monoisotopic (exact) mass is 412 g/mol. The fourth-order valence-electron chi connectivity index (χ4n) is 3.42. The van der Waals surface area contributed by atoms with Gasteiger partial charge in [-0.05, 0) is 43.2 Å². The lowest BCUT2D eigenvalue weighted by Crippen LogP contribution is -2.37. The standard InChI is InChI=1S/C23H25ClN2O3/c1-15-6-11-18-19(13-15)22(29)26(21(18)28)12-4-5-20(27)25-14-23(2,3)16-7-9-17(24)10-8-16/h6-11,13H,4-5,12,14H2,1-3H3,(H,25,27). The predicted octanol–water partition coefficient (Wildman–Crippen LogP) is 4.12. The number of hydrogen-bond donors (Lipinski definition) is 1. The van der Waals surface area contributed by atoms with Crippen LogP contribution in [0.25, 0.3) is 0 Å². The Balaban J connectivity index is 1.48. The van der Waals surface area contributed by atoms with Crippen molar-refractivity contribution in [1.82, 2.24) is 10.2 Å². The normalized spacial score (nSPS) is 13.6. The number of hydrogen-bond acceptors (Lipinski definition) is 3. The maximum atomic E-state index is 12.5. The van der Waals surface area contributed by atoms with E-state index < -0.39 is 0 Å². The van der Waals surface area contributed by atoms with E-state index in [-0.39, 0.29) is 36.1 Å². The van der Waals surface area contributed by atoms with Crippen LogP contribution in [0, 0.1) is 6.92 Å². The molecule has 0 aliphatic carbocycles. The van der Waals surface area contributed by atoms with Crippen molar-refractivity contribution in [2.24, 2.45) is 0 Å². The number of benzene rings is 2. The molecule has 1 aliphatic heterocycles. The van der Waals surface area contributed by atoms with Crippen molar-refractivity contribution < 1.29 is 14.4 Å². The van der Waals surface area contributed by atoms with Gasteiger partial charge in [0.1, 0.15) is 0 Å². The van der Waals surface area contributed by atoms with E-state index in [0.29, 0.717) is 29.1 Å². The number of amides is 3. The van der Waals surface area contributed by atoms with Gasteiger partial charge < -0.3 is 5.32 Å². The lowest BCUT2D eigenvalue weighted by molar-refractivity contribution is -0.121. The smallest absolute Gasteiger partial charge is 0.261 e. The number of halogens is 1. The molecule has 1 N–H and O–H groups in total. The van der Waals surface area contributed by atoms with E-state index in [1.807, 2.05) is 37.3 Å². The highest BCUT2D eigenvalue weighted by molar-refractivity contribution is 6.30. The molecule has 152 valence electrons. The molecule has 3 amide bonds. The summed E-state index contributed by atoms with van der Waals surface area (Å²) >= 11 is 5.94. The second-order valence-electron chi connectivity index (χ2n) is 8.08. The van der Waals surface area contributed by atoms with Gasteiger partial charge in [0.25, 0.3) is 11.8 Å². The maximum absolute atomic E-state index is 12.5. The zero-order valence-corrected chi connectivity index (χ0v) is 17.7. The van der Waals surface area contributed by atoms with Crippen molar-refractivity contribution in [3.05, 3.63) is 69.7 Å². The Morgan fingerprint density at radius 3 is 2.38 bits per heavy atom. The summed E-state index contributed by atoms with van der Waals surface area (Å²) < 4.78 is 0. The summed E-state index contributed by atoms with van der Waals surface area (Å²) in [6.07, 6.45) is 0.681. The van der Waals surface area contributed by atoms with Crippen molar-refractivity contribution in [1.29, 1.82) is 0 Å². The van der Waals surface area contributed by atoms with Crippen molar-refractivity contribution in [3.63, 3.8) is 0 Å². The largest absolute Gasteiger partial charge is 0.355 e. The van der Waals surface area contributed by atoms with Gasteiger partial charge in [0.05, 0.1) is 11.1 Å². The number of aryl methyl sites for hydroxylation is 1. The lowest BCUT2D eigenvalue weighted by Gasteiger charge is -2.26. The number of nitrogens with zero attached hydrogens (tertiary/aromatic N) is 1. The molecular formula is C23H25ClN2O3. The molecule has 0 aromatic heterocycles. The van der Waals surface area contributed by atoms with E-state index in [0.717, 1.165) is 11.1 Å². The molecule has 6 heteroatoms. The number of carbonyl (C=O) groups is 3. The Morgan fingerprint density at radius 2 is 1.69 bits per heavy atom. The summed E-state index contributed by atoms with van der Waals surface area (Å²) in [7, 11) is 0. The first-order valence-corrected chi connectivity index (χ1v) is 10.1. The molecule has 1 heterocycles. The zero-order chi connectivity index (χ0) is 21.2. The molecule has 0 fully saturated rings. The van der Waals surface area contributed by atoms with Crippen LogP contribution in [0.5, 0.6) is 0 Å². The number of fused-ring (bicyclic) bond motifs is 1. The van der Waals surface area contributed by atoms with Gasteiger partial charge in [-0.25, -0.2) is 0 Å². The summed E-state index contributed by atoms with van der Waals surface area (Å²) in [5.74, 6) is -0.660. The molecule has 0 radical (unpaired) electrons. The van der Waals surface area contributed by atoms with E-state index in [1.54, 1.807) is 12.1 Å². The van der Waals surface area contributed by atoms with Gasteiger partial charge in [0.2, 0.25) is 5.91 Å². The van der Waals surface area contributed by atoms with Crippen LogP contribution in [0.15, 0.2) is 42.5 Å². The van der Waals surface area contributed by atoms with E-state index in [4.69, 9.17) is 11.6 Å². The van der Waals surface area contributed by atoms with Crippen LogP contribution < -0.4 is 5.32 Å². The minimum atomic E-state index is -0.283. The van der Waals surface area contributed by atoms with E-state index >= 15 is 0 Å². The van der Waals surface area contributed by atoms with Crippen molar-refractivity contribution in [2.75, 3.05) is 13.1 Å². The summed E-state index contributed by atoms with van der Waals surface area (Å²) in [4.78, 5) is 38.4. The average Bonchev–Trinajstić information content (AvgIpc) is 2.91. The second-order valence-corrected chi connectivity index (χ2v) is 8.52. The second kappa shape index (κ2) is 8.37. The lowest BCUT2D eigenvalue weighted by atomic mass is 9.84. The SMILES string of the molecule is Cc1ccc2c(c1)C(=O)N(CCCC(=O)NCC(C)(C)c1ccc(Cl)cc1)C2=O. The van der Waals surface area contributed by atoms with E-state index in [1.165, 1.54) is 4.90 Å². The highest BCUT2D eigenvalue weighted by Crippen LogP contribution is 2.25. The van der Waals surface area contributed by atoms with Gasteiger partial charge in [0.15, 0.2) is 0 Å². The van der Waals surface area contributed by atoms with Crippen LogP contribution in [0.1, 0.15) is 58.5 Å². The van der Waals surface area contributed by atoms with Crippen molar-refractivity contribution in [2.45, 2.75) is 39.0 Å². The minimum absolute atomic E-state index is 0.0977. The number of rotatable bonds is 7. The first-order valence-electron chi connectivity index (χ1n) is 9.68. The van der Waals surface area contributed by atoms with Gasteiger partial charge in [-0.2, -0.15) is 0 Å². The highest BCUT2D eigenvalue weighted by atomic mass is 35.5. The number of nitrogens with one attached hydrogen (secondary N) is 1. The van der Waals surface area contributed by atoms with Gasteiger partial charge in [0, 0.05) is 29.9 Å². The van der Waals surface area contributed by atoms with Crippen molar-refractivity contribution in [3.8, 4) is 0 Å². The Bertz CT molecular complexity index is 951. The van der Waals surface area contributed by atoms with Crippen LogP contribution in [-0.2, 0) is 10.2 Å². The molecule has 5 nitrogen and oxygen atoms in total. The molecule has 0 saturated carbocycles. The van der Waals surface area contributed by atoms with Crippen LogP contribution in [0.2, 0.25) is 5.02 Å². The third-order valence-electron chi connectivity index (χ3n) is 5.26. The van der Waals surface area contributed by atoms with Gasteiger partial charge in [-0.3, -0.25) is 19.3 Å². The topological polar surface area (TPSA) is 66.5 Å². The Hall–Kier alpha value is -2.66. The van der Waals surface area contributed by atoms with E-state index in [2.05, 4.69) is 19.2 Å². The molecule has 0 unspecified atom stereocenters. The maximum Gasteiger partial charge on any atom is 0.261 e. The molecule has 2 aromatic rings. The first kappa shape index (κ1) is 21.1. The summed E-state index contributed by atoms with van der Waals surface area (Å²) in [6, 6.07) is 12.8. The highest BCUT2D eigenvalue weighted by Gasteiger charge is 2.35. The predicted molar refractivity (Wildman–Crippen MR) is 113 cm³/mol. The Kier molecular flexibility index (Phi) is 6.08. The molecule has 0 spiro atoms. The summed E-state index contributed by atoms with van der Waals surface area (Å²) in [6.45, 7) is 6.71. The first-order chi connectivity index (χ1) is 13.7. The number of imide groups is 1. The van der Waals surface area contributed by atoms with Crippen LogP contribution in [-0.4, -0.2) is 35.7 Å². The molecule has 1 aliphatic rings. The molecule has 0 saturated heterocycles. The van der Waals surface area contributed by atoms with E-state index in [9.17, 15) is 14.4 Å². The van der Waals surface area contributed by atoms with Gasteiger partial charge >= 0.3 is 0 Å². The molecule has 29 heavy (non-hydrogen) atoms. The molecule has 0 atom stereocenters. The summed E-state index contributed by atoms with van der Waals surface area (Å²) in [5.41, 5.74) is 2.68. The molecule has 0 bridgehead atoms. The summed E-state index contributed by atoms with van der Waals surface area (Å²) in [5, 5.41) is 3.63.